The Bertz CT molecular complexity index is 965. The largest absolute Gasteiger partial charge is 0.461 e. The number of nitrogens with zero attached hydrogens (tertiary/aromatic N) is 2. The normalized spacial score (nSPS) is 10.8. The van der Waals surface area contributed by atoms with Crippen molar-refractivity contribution in [2.45, 2.75) is 20.8 Å². The molecule has 0 N–H and O–H groups in total. The smallest absolute Gasteiger partial charge is 0.359 e. The van der Waals surface area contributed by atoms with Gasteiger partial charge in [-0.15, -0.1) is 0 Å². The first-order chi connectivity index (χ1) is 12.4. The van der Waals surface area contributed by atoms with Crippen molar-refractivity contribution < 1.29 is 9.53 Å². The summed E-state index contributed by atoms with van der Waals surface area (Å²) < 4.78 is 7.59. The maximum Gasteiger partial charge on any atom is 0.359 e. The molecule has 3 aromatic rings. The molecule has 0 bridgehead atoms. The highest BCUT2D eigenvalue weighted by atomic mass is 79.9. The van der Waals surface area contributed by atoms with Crippen LogP contribution >= 0.6 is 27.5 Å². The van der Waals surface area contributed by atoms with Crippen molar-refractivity contribution in [1.82, 2.24) is 9.55 Å². The van der Waals surface area contributed by atoms with Crippen LogP contribution in [0.5, 0.6) is 0 Å². The van der Waals surface area contributed by atoms with Crippen molar-refractivity contribution in [3.63, 3.8) is 0 Å². The lowest BCUT2D eigenvalue weighted by molar-refractivity contribution is 0.0519. The summed E-state index contributed by atoms with van der Waals surface area (Å²) in [7, 11) is 0. The van der Waals surface area contributed by atoms with Gasteiger partial charge in [-0.05, 0) is 66.5 Å². The zero-order valence-electron chi connectivity index (χ0n) is 14.7. The Morgan fingerprint density at radius 1 is 1.19 bits per heavy atom. The van der Waals surface area contributed by atoms with Crippen LogP contribution < -0.4 is 0 Å². The number of carbonyl (C=O) groups is 1. The van der Waals surface area contributed by atoms with Crippen molar-refractivity contribution in [2.24, 2.45) is 0 Å². The summed E-state index contributed by atoms with van der Waals surface area (Å²) in [5, 5.41) is 0.642. The van der Waals surface area contributed by atoms with Crippen molar-refractivity contribution in [3.05, 3.63) is 68.9 Å². The van der Waals surface area contributed by atoms with Crippen molar-refractivity contribution >= 4 is 33.5 Å². The SMILES string of the molecule is CCOC(=O)c1nc(-c2ccc(C)cc2C)n(-c2ccc(Cl)cc2)c1Br. The van der Waals surface area contributed by atoms with Crippen LogP contribution in [0.15, 0.2) is 47.1 Å². The first kappa shape index (κ1) is 18.7. The van der Waals surface area contributed by atoms with E-state index in [1.165, 1.54) is 5.56 Å². The molecule has 3 rings (SSSR count). The Morgan fingerprint density at radius 2 is 1.88 bits per heavy atom. The predicted molar refractivity (Wildman–Crippen MR) is 107 cm³/mol. The second kappa shape index (κ2) is 7.64. The third-order valence-corrected chi connectivity index (χ3v) is 4.98. The fourth-order valence-corrected chi connectivity index (χ4v) is 3.55. The van der Waals surface area contributed by atoms with Gasteiger partial charge in [-0.1, -0.05) is 35.4 Å². The number of benzene rings is 2. The summed E-state index contributed by atoms with van der Waals surface area (Å²) in [5.74, 6) is 0.206. The van der Waals surface area contributed by atoms with Crippen LogP contribution in [0.25, 0.3) is 17.1 Å². The number of esters is 1. The summed E-state index contributed by atoms with van der Waals surface area (Å²) in [4.78, 5) is 16.9. The molecule has 0 aliphatic heterocycles. The molecule has 1 aromatic heterocycles. The van der Waals surface area contributed by atoms with Crippen molar-refractivity contribution in [1.29, 1.82) is 0 Å². The summed E-state index contributed by atoms with van der Waals surface area (Å²) in [5.41, 5.74) is 4.28. The molecule has 1 heterocycles. The Kier molecular flexibility index (Phi) is 5.49. The first-order valence-electron chi connectivity index (χ1n) is 8.21. The summed E-state index contributed by atoms with van der Waals surface area (Å²) in [6, 6.07) is 13.5. The molecular weight excluding hydrogens is 416 g/mol. The van der Waals surface area contributed by atoms with Gasteiger partial charge in [0, 0.05) is 16.3 Å². The molecule has 4 nitrogen and oxygen atoms in total. The van der Waals surface area contributed by atoms with Crippen LogP contribution in [0.4, 0.5) is 0 Å². The maximum absolute atomic E-state index is 12.3. The highest BCUT2D eigenvalue weighted by molar-refractivity contribution is 9.10. The van der Waals surface area contributed by atoms with E-state index in [0.717, 1.165) is 16.8 Å². The van der Waals surface area contributed by atoms with E-state index in [0.29, 0.717) is 15.5 Å². The highest BCUT2D eigenvalue weighted by Gasteiger charge is 2.24. The predicted octanol–water partition coefficient (Wildman–Crippen LogP) is 5.75. The monoisotopic (exact) mass is 432 g/mol. The molecule has 0 saturated heterocycles. The second-order valence-electron chi connectivity index (χ2n) is 5.93. The summed E-state index contributed by atoms with van der Waals surface area (Å²) in [6.07, 6.45) is 0. The lowest BCUT2D eigenvalue weighted by Crippen LogP contribution is -2.06. The minimum absolute atomic E-state index is 0.247. The van der Waals surface area contributed by atoms with E-state index in [9.17, 15) is 4.79 Å². The molecule has 2 aromatic carbocycles. The average Bonchev–Trinajstić information content (AvgIpc) is 2.93. The number of ether oxygens (including phenoxy) is 1. The molecule has 0 radical (unpaired) electrons. The second-order valence-corrected chi connectivity index (χ2v) is 7.11. The molecule has 0 atom stereocenters. The van der Waals surface area contributed by atoms with Crippen molar-refractivity contribution in [2.75, 3.05) is 6.61 Å². The van der Waals surface area contributed by atoms with Crippen LogP contribution in [0.3, 0.4) is 0 Å². The van der Waals surface area contributed by atoms with E-state index in [-0.39, 0.29) is 12.3 Å². The van der Waals surface area contributed by atoms with E-state index in [4.69, 9.17) is 16.3 Å². The molecule has 0 amide bonds. The van der Waals surface area contributed by atoms with Gasteiger partial charge in [-0.2, -0.15) is 0 Å². The minimum atomic E-state index is -0.460. The third-order valence-electron chi connectivity index (χ3n) is 4.00. The molecule has 6 heteroatoms. The Labute approximate surface area is 165 Å². The molecule has 0 aliphatic rings. The molecule has 0 aliphatic carbocycles. The summed E-state index contributed by atoms with van der Waals surface area (Å²) >= 11 is 9.56. The molecular formula is C20H18BrClN2O2. The highest BCUT2D eigenvalue weighted by Crippen LogP contribution is 2.33. The number of carbonyl (C=O) groups excluding carboxylic acids is 1. The molecule has 0 unspecified atom stereocenters. The van der Waals surface area contributed by atoms with E-state index >= 15 is 0 Å². The number of aromatic nitrogens is 2. The number of hydrogen-bond donors (Lipinski definition) is 0. The lowest BCUT2D eigenvalue weighted by Gasteiger charge is -2.12. The summed E-state index contributed by atoms with van der Waals surface area (Å²) in [6.45, 7) is 6.13. The zero-order valence-corrected chi connectivity index (χ0v) is 17.1. The van der Waals surface area contributed by atoms with Gasteiger partial charge in [0.05, 0.1) is 6.61 Å². The van der Waals surface area contributed by atoms with E-state index in [2.05, 4.69) is 27.0 Å². The standard InChI is InChI=1S/C20H18BrClN2O2/c1-4-26-20(25)17-18(21)24(15-8-6-14(22)7-9-15)19(23-17)16-10-5-12(2)11-13(16)3/h5-11H,4H2,1-3H3. The Morgan fingerprint density at radius 3 is 2.50 bits per heavy atom. The molecule has 26 heavy (non-hydrogen) atoms. The number of aryl methyl sites for hydroxylation is 2. The van der Waals surface area contributed by atoms with Crippen LogP contribution in [0, 0.1) is 13.8 Å². The number of imidazole rings is 1. The number of rotatable bonds is 4. The molecule has 0 fully saturated rings. The Hall–Kier alpha value is -2.11. The van der Waals surface area contributed by atoms with Gasteiger partial charge < -0.3 is 4.74 Å². The fraction of sp³-hybridized carbons (Fsp3) is 0.200. The number of hydrogen-bond acceptors (Lipinski definition) is 3. The topological polar surface area (TPSA) is 44.1 Å². The number of halogens is 2. The van der Waals surface area contributed by atoms with E-state index in [1.807, 2.05) is 42.7 Å². The third kappa shape index (κ3) is 3.55. The Balaban J connectivity index is 2.26. The lowest BCUT2D eigenvalue weighted by atomic mass is 10.1. The van der Waals surface area contributed by atoms with Gasteiger partial charge in [0.2, 0.25) is 0 Å². The molecule has 0 spiro atoms. The van der Waals surface area contributed by atoms with Gasteiger partial charge in [-0.25, -0.2) is 9.78 Å². The van der Waals surface area contributed by atoms with Gasteiger partial charge in [0.25, 0.3) is 0 Å². The van der Waals surface area contributed by atoms with E-state index in [1.54, 1.807) is 19.1 Å². The minimum Gasteiger partial charge on any atom is -0.461 e. The van der Waals surface area contributed by atoms with Crippen LogP contribution in [-0.4, -0.2) is 22.1 Å². The fourth-order valence-electron chi connectivity index (χ4n) is 2.80. The van der Waals surface area contributed by atoms with E-state index < -0.39 is 5.97 Å². The molecule has 134 valence electrons. The average molecular weight is 434 g/mol. The van der Waals surface area contributed by atoms with Gasteiger partial charge in [-0.3, -0.25) is 4.57 Å². The van der Waals surface area contributed by atoms with Crippen LogP contribution in [0.2, 0.25) is 5.02 Å². The molecule has 0 saturated carbocycles. The van der Waals surface area contributed by atoms with Gasteiger partial charge in [0.15, 0.2) is 5.69 Å². The van der Waals surface area contributed by atoms with Crippen LogP contribution in [0.1, 0.15) is 28.5 Å². The van der Waals surface area contributed by atoms with Gasteiger partial charge in [0.1, 0.15) is 10.4 Å². The van der Waals surface area contributed by atoms with Crippen LogP contribution in [-0.2, 0) is 4.74 Å². The zero-order chi connectivity index (χ0) is 18.8. The maximum atomic E-state index is 12.3. The first-order valence-corrected chi connectivity index (χ1v) is 9.38. The van der Waals surface area contributed by atoms with Gasteiger partial charge >= 0.3 is 5.97 Å². The quantitative estimate of drug-likeness (QED) is 0.492. The van der Waals surface area contributed by atoms with Crippen molar-refractivity contribution in [3.8, 4) is 17.1 Å².